The molecule has 0 aliphatic rings. The monoisotopic (exact) mass is 294 g/mol. The van der Waals surface area contributed by atoms with E-state index in [4.69, 9.17) is 4.74 Å². The predicted octanol–water partition coefficient (Wildman–Crippen LogP) is 3.41. The second-order valence-corrected chi connectivity index (χ2v) is 4.73. The Morgan fingerprint density at radius 2 is 2.25 bits per heavy atom. The van der Waals surface area contributed by atoms with Crippen LogP contribution in [-0.2, 0) is 0 Å². The Hall–Kier alpha value is 0.1000. The summed E-state index contributed by atoms with van der Waals surface area (Å²) in [6.45, 7) is 2.15. The van der Waals surface area contributed by atoms with E-state index in [0.717, 1.165) is 15.1 Å². The predicted molar refractivity (Wildman–Crippen MR) is 62.1 cm³/mol. The van der Waals surface area contributed by atoms with Gasteiger partial charge < -0.3 is 4.74 Å². The SMILES string of the molecule is CCSc1ccc(I)c(OC)c1. The molecule has 0 radical (unpaired) electrons. The third-order valence-corrected chi connectivity index (χ3v) is 3.20. The molecule has 0 aliphatic heterocycles. The molecule has 1 nitrogen and oxygen atoms in total. The van der Waals surface area contributed by atoms with Gasteiger partial charge in [0.2, 0.25) is 0 Å². The fraction of sp³-hybridized carbons (Fsp3) is 0.333. The zero-order chi connectivity index (χ0) is 8.97. The molecule has 1 aromatic carbocycles. The molecule has 66 valence electrons. The average molecular weight is 294 g/mol. The number of methoxy groups -OCH3 is 1. The zero-order valence-corrected chi connectivity index (χ0v) is 10.1. The van der Waals surface area contributed by atoms with Crippen molar-refractivity contribution in [1.29, 1.82) is 0 Å². The minimum atomic E-state index is 0.967. The van der Waals surface area contributed by atoms with Gasteiger partial charge in [-0.2, -0.15) is 0 Å². The Kier molecular flexibility index (Phi) is 4.21. The van der Waals surface area contributed by atoms with Crippen molar-refractivity contribution >= 4 is 34.4 Å². The van der Waals surface area contributed by atoms with Gasteiger partial charge in [-0.3, -0.25) is 0 Å². The van der Waals surface area contributed by atoms with Gasteiger partial charge in [0, 0.05) is 4.90 Å². The van der Waals surface area contributed by atoms with Gasteiger partial charge in [0.15, 0.2) is 0 Å². The molecule has 0 amide bonds. The molecule has 0 bridgehead atoms. The molecule has 1 rings (SSSR count). The highest BCUT2D eigenvalue weighted by Crippen LogP contribution is 2.27. The lowest BCUT2D eigenvalue weighted by atomic mass is 10.3. The topological polar surface area (TPSA) is 9.23 Å². The Balaban J connectivity index is 2.89. The highest BCUT2D eigenvalue weighted by molar-refractivity contribution is 14.1. The molecule has 0 aliphatic carbocycles. The molecule has 0 saturated carbocycles. The number of rotatable bonds is 3. The summed E-state index contributed by atoms with van der Waals surface area (Å²) < 4.78 is 6.37. The summed E-state index contributed by atoms with van der Waals surface area (Å²) in [5.74, 6) is 2.07. The van der Waals surface area contributed by atoms with Crippen molar-refractivity contribution < 1.29 is 4.74 Å². The van der Waals surface area contributed by atoms with Crippen LogP contribution in [0, 0.1) is 3.57 Å². The summed E-state index contributed by atoms with van der Waals surface area (Å²) in [5.41, 5.74) is 0. The third kappa shape index (κ3) is 2.55. The van der Waals surface area contributed by atoms with Crippen LogP contribution in [0.15, 0.2) is 23.1 Å². The normalized spacial score (nSPS) is 9.92. The van der Waals surface area contributed by atoms with Gasteiger partial charge in [-0.1, -0.05) is 6.92 Å². The third-order valence-electron chi connectivity index (χ3n) is 1.43. The van der Waals surface area contributed by atoms with E-state index in [1.54, 1.807) is 7.11 Å². The summed E-state index contributed by atoms with van der Waals surface area (Å²) in [5, 5.41) is 0. The van der Waals surface area contributed by atoms with Crippen molar-refractivity contribution in [1.82, 2.24) is 0 Å². The minimum Gasteiger partial charge on any atom is -0.496 e. The van der Waals surface area contributed by atoms with Crippen LogP contribution in [0.2, 0.25) is 0 Å². The van der Waals surface area contributed by atoms with Gasteiger partial charge >= 0.3 is 0 Å². The van der Waals surface area contributed by atoms with Crippen LogP contribution in [0.3, 0.4) is 0 Å². The minimum absolute atomic E-state index is 0.967. The summed E-state index contributed by atoms with van der Waals surface area (Å²) in [4.78, 5) is 1.27. The molecular weight excluding hydrogens is 283 g/mol. The van der Waals surface area contributed by atoms with Crippen LogP contribution in [0.5, 0.6) is 5.75 Å². The molecular formula is C9H11IOS. The first-order valence-corrected chi connectivity index (χ1v) is 5.80. The first kappa shape index (κ1) is 10.2. The molecule has 0 atom stereocenters. The molecule has 3 heteroatoms. The van der Waals surface area contributed by atoms with E-state index in [-0.39, 0.29) is 0 Å². The Morgan fingerprint density at radius 3 is 2.83 bits per heavy atom. The van der Waals surface area contributed by atoms with Crippen molar-refractivity contribution in [3.63, 3.8) is 0 Å². The second-order valence-electron chi connectivity index (χ2n) is 2.23. The van der Waals surface area contributed by atoms with Crippen molar-refractivity contribution in [3.05, 3.63) is 21.8 Å². The quantitative estimate of drug-likeness (QED) is 0.624. The number of halogens is 1. The van der Waals surface area contributed by atoms with E-state index < -0.39 is 0 Å². The fourth-order valence-corrected chi connectivity index (χ4v) is 2.14. The first-order valence-electron chi connectivity index (χ1n) is 3.74. The maximum atomic E-state index is 5.21. The van der Waals surface area contributed by atoms with Crippen LogP contribution in [0.4, 0.5) is 0 Å². The van der Waals surface area contributed by atoms with E-state index in [1.807, 2.05) is 11.8 Å². The van der Waals surface area contributed by atoms with Gasteiger partial charge in [-0.25, -0.2) is 0 Å². The molecule has 1 aromatic rings. The largest absolute Gasteiger partial charge is 0.496 e. The Labute approximate surface area is 91.0 Å². The van der Waals surface area contributed by atoms with E-state index >= 15 is 0 Å². The smallest absolute Gasteiger partial charge is 0.133 e. The van der Waals surface area contributed by atoms with E-state index in [1.165, 1.54) is 4.90 Å². The standard InChI is InChI=1S/C9H11IOS/c1-3-12-7-4-5-8(10)9(6-7)11-2/h4-6H,3H2,1-2H3. The summed E-state index contributed by atoms with van der Waals surface area (Å²) in [6.07, 6.45) is 0. The number of hydrogen-bond acceptors (Lipinski definition) is 2. The maximum Gasteiger partial charge on any atom is 0.133 e. The van der Waals surface area contributed by atoms with Gasteiger partial charge in [-0.05, 0) is 46.5 Å². The van der Waals surface area contributed by atoms with Gasteiger partial charge in [0.1, 0.15) is 5.75 Å². The lowest BCUT2D eigenvalue weighted by Crippen LogP contribution is -1.86. The second kappa shape index (κ2) is 4.97. The van der Waals surface area contributed by atoms with Crippen LogP contribution < -0.4 is 4.74 Å². The van der Waals surface area contributed by atoms with E-state index in [9.17, 15) is 0 Å². The maximum absolute atomic E-state index is 5.21. The number of ether oxygens (including phenoxy) is 1. The van der Waals surface area contributed by atoms with Gasteiger partial charge in [-0.15, -0.1) is 11.8 Å². The molecule has 0 fully saturated rings. The summed E-state index contributed by atoms with van der Waals surface area (Å²) >= 11 is 4.10. The highest BCUT2D eigenvalue weighted by Gasteiger charge is 2.00. The lowest BCUT2D eigenvalue weighted by molar-refractivity contribution is 0.410. The van der Waals surface area contributed by atoms with Crippen LogP contribution in [0.1, 0.15) is 6.92 Å². The number of hydrogen-bond donors (Lipinski definition) is 0. The Bertz CT molecular complexity index is 263. The van der Waals surface area contributed by atoms with Crippen molar-refractivity contribution in [2.75, 3.05) is 12.9 Å². The first-order chi connectivity index (χ1) is 5.77. The molecule has 12 heavy (non-hydrogen) atoms. The zero-order valence-electron chi connectivity index (χ0n) is 7.13. The van der Waals surface area contributed by atoms with E-state index in [2.05, 4.69) is 47.7 Å². The van der Waals surface area contributed by atoms with E-state index in [0.29, 0.717) is 0 Å². The fourth-order valence-electron chi connectivity index (χ4n) is 0.897. The summed E-state index contributed by atoms with van der Waals surface area (Å²) in [6, 6.07) is 6.28. The molecule has 0 saturated heterocycles. The molecule has 0 aromatic heterocycles. The summed E-state index contributed by atoms with van der Waals surface area (Å²) in [7, 11) is 1.71. The number of thioether (sulfide) groups is 1. The van der Waals surface area contributed by atoms with Crippen molar-refractivity contribution in [2.45, 2.75) is 11.8 Å². The van der Waals surface area contributed by atoms with Crippen molar-refractivity contribution in [3.8, 4) is 5.75 Å². The molecule has 0 spiro atoms. The highest BCUT2D eigenvalue weighted by atomic mass is 127. The number of benzene rings is 1. The van der Waals surface area contributed by atoms with Crippen LogP contribution in [-0.4, -0.2) is 12.9 Å². The van der Waals surface area contributed by atoms with Crippen LogP contribution in [0.25, 0.3) is 0 Å². The molecule has 0 heterocycles. The Morgan fingerprint density at radius 1 is 1.50 bits per heavy atom. The lowest BCUT2D eigenvalue weighted by Gasteiger charge is -2.04. The molecule has 0 unspecified atom stereocenters. The van der Waals surface area contributed by atoms with Crippen molar-refractivity contribution in [2.24, 2.45) is 0 Å². The molecule has 0 N–H and O–H groups in total. The van der Waals surface area contributed by atoms with Gasteiger partial charge in [0.25, 0.3) is 0 Å². The van der Waals surface area contributed by atoms with Gasteiger partial charge in [0.05, 0.1) is 10.7 Å². The average Bonchev–Trinajstić information content (AvgIpc) is 2.09. The van der Waals surface area contributed by atoms with Crippen LogP contribution >= 0.6 is 34.4 Å².